The van der Waals surface area contributed by atoms with Crippen LogP contribution in [0.2, 0.25) is 0 Å². The van der Waals surface area contributed by atoms with Gasteiger partial charge in [-0.25, -0.2) is 4.79 Å². The van der Waals surface area contributed by atoms with Gasteiger partial charge in [0.2, 0.25) is 5.91 Å². The maximum Gasteiger partial charge on any atom is 0.330 e. The summed E-state index contributed by atoms with van der Waals surface area (Å²) in [5, 5.41) is 3.81. The lowest BCUT2D eigenvalue weighted by Gasteiger charge is -2.26. The molecular formula is C18H26N4O3S. The zero-order valence-electron chi connectivity index (χ0n) is 15.4. The van der Waals surface area contributed by atoms with Gasteiger partial charge in [-0.1, -0.05) is 27.2 Å². The van der Waals surface area contributed by atoms with Crippen molar-refractivity contribution in [3.05, 3.63) is 43.2 Å². The van der Waals surface area contributed by atoms with E-state index in [9.17, 15) is 14.4 Å². The number of unbranched alkanes of at least 4 members (excludes halogenated alkanes) is 1. The van der Waals surface area contributed by atoms with E-state index in [1.807, 2.05) is 37.6 Å². The minimum Gasteiger partial charge on any atom is -0.383 e. The minimum atomic E-state index is -0.625. The highest BCUT2D eigenvalue weighted by Crippen LogP contribution is 2.20. The number of carbonyl (C=O) groups is 1. The average molecular weight is 378 g/mol. The fourth-order valence-corrected chi connectivity index (χ4v) is 3.39. The predicted octanol–water partition coefficient (Wildman–Crippen LogP) is 2.21. The fourth-order valence-electron chi connectivity index (χ4n) is 2.72. The van der Waals surface area contributed by atoms with E-state index in [1.165, 1.54) is 20.8 Å². The Hall–Kier alpha value is -2.35. The number of thiophene rings is 1. The average Bonchev–Trinajstić information content (AvgIpc) is 3.06. The Morgan fingerprint density at radius 1 is 1.38 bits per heavy atom. The summed E-state index contributed by atoms with van der Waals surface area (Å²) < 4.78 is 1.34. The van der Waals surface area contributed by atoms with E-state index in [0.717, 1.165) is 18.4 Å². The van der Waals surface area contributed by atoms with Crippen molar-refractivity contribution in [3.63, 3.8) is 0 Å². The largest absolute Gasteiger partial charge is 0.383 e. The molecule has 0 radical (unpaired) electrons. The SMILES string of the molecule is CCCCn1c(N)c(N(CC(C)C)C(=O)Cc2ccsc2)c(=O)[nH]c1=O. The molecule has 142 valence electrons. The molecule has 2 heterocycles. The first kappa shape index (κ1) is 20.0. The zero-order chi connectivity index (χ0) is 19.3. The van der Waals surface area contributed by atoms with Crippen molar-refractivity contribution < 1.29 is 4.79 Å². The second-order valence-electron chi connectivity index (χ2n) is 6.70. The van der Waals surface area contributed by atoms with Crippen molar-refractivity contribution in [2.24, 2.45) is 5.92 Å². The quantitative estimate of drug-likeness (QED) is 0.735. The molecule has 0 aliphatic carbocycles. The maximum atomic E-state index is 12.9. The van der Waals surface area contributed by atoms with E-state index in [4.69, 9.17) is 5.73 Å². The Balaban J connectivity index is 2.48. The van der Waals surface area contributed by atoms with Crippen LogP contribution < -0.4 is 21.9 Å². The van der Waals surface area contributed by atoms with Gasteiger partial charge in [-0.2, -0.15) is 11.3 Å². The van der Waals surface area contributed by atoms with Gasteiger partial charge in [0.05, 0.1) is 6.42 Å². The van der Waals surface area contributed by atoms with Crippen LogP contribution in [0.4, 0.5) is 11.5 Å². The number of aromatic nitrogens is 2. The lowest BCUT2D eigenvalue weighted by molar-refractivity contribution is -0.118. The number of nitrogens with two attached hydrogens (primary N) is 1. The standard InChI is InChI=1S/C18H26N4O3S/c1-4-5-7-21-16(19)15(17(24)20-18(21)25)22(10-12(2)3)14(23)9-13-6-8-26-11-13/h6,8,11-12H,4-5,7,9-10,19H2,1-3H3,(H,20,24,25). The van der Waals surface area contributed by atoms with Crippen LogP contribution in [0.5, 0.6) is 0 Å². The highest BCUT2D eigenvalue weighted by Gasteiger charge is 2.25. The van der Waals surface area contributed by atoms with Crippen LogP contribution in [0.3, 0.4) is 0 Å². The molecule has 1 amide bonds. The number of aromatic amines is 1. The Morgan fingerprint density at radius 3 is 2.69 bits per heavy atom. The monoisotopic (exact) mass is 378 g/mol. The second kappa shape index (κ2) is 8.84. The van der Waals surface area contributed by atoms with Crippen molar-refractivity contribution in [3.8, 4) is 0 Å². The van der Waals surface area contributed by atoms with Crippen LogP contribution in [-0.2, 0) is 17.8 Å². The van der Waals surface area contributed by atoms with Crippen LogP contribution >= 0.6 is 11.3 Å². The number of hydrogen-bond acceptors (Lipinski definition) is 5. The molecule has 7 nitrogen and oxygen atoms in total. The Labute approximate surface area is 156 Å². The predicted molar refractivity (Wildman–Crippen MR) is 106 cm³/mol. The topological polar surface area (TPSA) is 101 Å². The fraction of sp³-hybridized carbons (Fsp3) is 0.500. The van der Waals surface area contributed by atoms with Gasteiger partial charge in [-0.3, -0.25) is 19.1 Å². The summed E-state index contributed by atoms with van der Waals surface area (Å²) in [7, 11) is 0. The van der Waals surface area contributed by atoms with E-state index in [-0.39, 0.29) is 29.8 Å². The third-order valence-electron chi connectivity index (χ3n) is 4.00. The molecule has 0 aliphatic heterocycles. The highest BCUT2D eigenvalue weighted by molar-refractivity contribution is 7.08. The summed E-state index contributed by atoms with van der Waals surface area (Å²) in [5.74, 6) is -0.0299. The van der Waals surface area contributed by atoms with Crippen LogP contribution in [0.15, 0.2) is 26.4 Å². The molecule has 2 rings (SSSR count). The minimum absolute atomic E-state index is 0.0477. The number of carbonyl (C=O) groups excluding carboxylic acids is 1. The number of hydrogen-bond donors (Lipinski definition) is 2. The number of anilines is 2. The van der Waals surface area contributed by atoms with Crippen molar-refractivity contribution >= 4 is 28.7 Å². The summed E-state index contributed by atoms with van der Waals surface area (Å²) in [6.07, 6.45) is 1.82. The molecule has 0 fully saturated rings. The molecule has 3 N–H and O–H groups in total. The van der Waals surface area contributed by atoms with Crippen LogP contribution in [-0.4, -0.2) is 22.0 Å². The van der Waals surface area contributed by atoms with Crippen molar-refractivity contribution in [1.82, 2.24) is 9.55 Å². The Bertz CT molecular complexity index is 852. The zero-order valence-corrected chi connectivity index (χ0v) is 16.3. The number of nitrogen functional groups attached to an aromatic ring is 1. The summed E-state index contributed by atoms with van der Waals surface area (Å²) in [6, 6.07) is 1.88. The van der Waals surface area contributed by atoms with Crippen LogP contribution in [0.1, 0.15) is 39.2 Å². The third kappa shape index (κ3) is 4.63. The molecule has 0 saturated carbocycles. The van der Waals surface area contributed by atoms with E-state index in [0.29, 0.717) is 13.1 Å². The second-order valence-corrected chi connectivity index (χ2v) is 7.48. The highest BCUT2D eigenvalue weighted by atomic mass is 32.1. The van der Waals surface area contributed by atoms with Crippen molar-refractivity contribution in [2.45, 2.75) is 46.6 Å². The molecule has 0 spiro atoms. The number of nitrogens with one attached hydrogen (secondary N) is 1. The third-order valence-corrected chi connectivity index (χ3v) is 4.74. The molecule has 0 aliphatic rings. The molecule has 0 aromatic carbocycles. The van der Waals surface area contributed by atoms with Crippen LogP contribution in [0, 0.1) is 5.92 Å². The van der Waals surface area contributed by atoms with Gasteiger partial charge in [0, 0.05) is 13.1 Å². The smallest absolute Gasteiger partial charge is 0.330 e. The molecule has 0 saturated heterocycles. The summed E-state index contributed by atoms with van der Waals surface area (Å²) in [6.45, 7) is 6.68. The first-order valence-corrected chi connectivity index (χ1v) is 9.73. The van der Waals surface area contributed by atoms with Gasteiger partial charge in [0.1, 0.15) is 5.82 Å². The summed E-state index contributed by atoms with van der Waals surface area (Å²) in [4.78, 5) is 41.2. The number of H-pyrrole nitrogens is 1. The molecule has 26 heavy (non-hydrogen) atoms. The summed E-state index contributed by atoms with van der Waals surface area (Å²) in [5.41, 5.74) is 5.95. The van der Waals surface area contributed by atoms with E-state index in [2.05, 4.69) is 4.98 Å². The van der Waals surface area contributed by atoms with E-state index < -0.39 is 11.2 Å². The lowest BCUT2D eigenvalue weighted by Crippen LogP contribution is -2.43. The molecular weight excluding hydrogens is 352 g/mol. The van der Waals surface area contributed by atoms with Crippen molar-refractivity contribution in [2.75, 3.05) is 17.2 Å². The lowest BCUT2D eigenvalue weighted by atomic mass is 10.1. The van der Waals surface area contributed by atoms with Gasteiger partial charge < -0.3 is 10.6 Å². The Morgan fingerprint density at radius 2 is 2.12 bits per heavy atom. The molecule has 0 unspecified atom stereocenters. The van der Waals surface area contributed by atoms with Crippen molar-refractivity contribution in [1.29, 1.82) is 0 Å². The van der Waals surface area contributed by atoms with Gasteiger partial charge in [0.15, 0.2) is 5.69 Å². The van der Waals surface area contributed by atoms with Gasteiger partial charge in [-0.15, -0.1) is 0 Å². The molecule has 2 aromatic rings. The van der Waals surface area contributed by atoms with Gasteiger partial charge >= 0.3 is 5.69 Å². The molecule has 0 atom stereocenters. The Kier molecular flexibility index (Phi) is 6.79. The normalized spacial score (nSPS) is 11.1. The van der Waals surface area contributed by atoms with Gasteiger partial charge in [-0.05, 0) is 34.7 Å². The first-order chi connectivity index (χ1) is 12.3. The van der Waals surface area contributed by atoms with E-state index in [1.54, 1.807) is 0 Å². The molecule has 2 aromatic heterocycles. The summed E-state index contributed by atoms with van der Waals surface area (Å²) >= 11 is 1.51. The maximum absolute atomic E-state index is 12.9. The number of amides is 1. The van der Waals surface area contributed by atoms with Crippen LogP contribution in [0.25, 0.3) is 0 Å². The number of nitrogens with zero attached hydrogens (tertiary/aromatic N) is 2. The van der Waals surface area contributed by atoms with Gasteiger partial charge in [0.25, 0.3) is 5.56 Å². The van der Waals surface area contributed by atoms with E-state index >= 15 is 0 Å². The molecule has 0 bridgehead atoms. The molecule has 8 heteroatoms. The number of rotatable bonds is 8. The first-order valence-electron chi connectivity index (χ1n) is 8.79.